The summed E-state index contributed by atoms with van der Waals surface area (Å²) in [5, 5.41) is 0. The summed E-state index contributed by atoms with van der Waals surface area (Å²) in [5.74, 6) is 1.03. The standard InChI is InChI=1S/C8H13NO/c1-2-6-10-8-4-3-5-9-7-8/h5,7H,2-4,6H2,1H3. The lowest BCUT2D eigenvalue weighted by atomic mass is 10.2. The van der Waals surface area contributed by atoms with Crippen molar-refractivity contribution in [2.45, 2.75) is 26.2 Å². The Hall–Kier alpha value is -0.790. The predicted octanol–water partition coefficient (Wildman–Crippen LogP) is 2.12. The molecule has 0 saturated heterocycles. The van der Waals surface area contributed by atoms with Crippen molar-refractivity contribution >= 4 is 6.21 Å². The maximum atomic E-state index is 5.38. The fraction of sp³-hybridized carbons (Fsp3) is 0.625. The fourth-order valence-electron chi connectivity index (χ4n) is 0.824. The van der Waals surface area contributed by atoms with E-state index < -0.39 is 0 Å². The van der Waals surface area contributed by atoms with Gasteiger partial charge in [-0.05, 0) is 12.8 Å². The highest BCUT2D eigenvalue weighted by molar-refractivity contribution is 5.59. The molecule has 0 bridgehead atoms. The molecule has 0 saturated carbocycles. The summed E-state index contributed by atoms with van der Waals surface area (Å²) in [6.45, 7) is 2.92. The van der Waals surface area contributed by atoms with Gasteiger partial charge in [0.05, 0.1) is 12.8 Å². The first kappa shape index (κ1) is 7.32. The maximum Gasteiger partial charge on any atom is 0.114 e. The Balaban J connectivity index is 2.25. The molecule has 0 fully saturated rings. The number of allylic oxidation sites excluding steroid dienone is 1. The fourth-order valence-corrected chi connectivity index (χ4v) is 0.824. The van der Waals surface area contributed by atoms with Crippen LogP contribution in [0.25, 0.3) is 0 Å². The van der Waals surface area contributed by atoms with Crippen LogP contribution in [0.4, 0.5) is 0 Å². The maximum absolute atomic E-state index is 5.38. The molecule has 1 aliphatic heterocycles. The molecule has 56 valence electrons. The van der Waals surface area contributed by atoms with Gasteiger partial charge < -0.3 is 4.74 Å². The van der Waals surface area contributed by atoms with Crippen LogP contribution in [0, 0.1) is 0 Å². The number of hydrogen-bond acceptors (Lipinski definition) is 2. The average Bonchev–Trinajstić information content (AvgIpc) is 2.03. The van der Waals surface area contributed by atoms with Gasteiger partial charge in [0.2, 0.25) is 0 Å². The summed E-state index contributed by atoms with van der Waals surface area (Å²) in [6, 6.07) is 0. The largest absolute Gasteiger partial charge is 0.496 e. The summed E-state index contributed by atoms with van der Waals surface area (Å²) in [6.07, 6.45) is 6.83. The van der Waals surface area contributed by atoms with E-state index in [4.69, 9.17) is 4.74 Å². The molecule has 0 unspecified atom stereocenters. The highest BCUT2D eigenvalue weighted by Crippen LogP contribution is 2.09. The number of nitrogens with zero attached hydrogens (tertiary/aromatic N) is 1. The van der Waals surface area contributed by atoms with Crippen LogP contribution >= 0.6 is 0 Å². The van der Waals surface area contributed by atoms with Crippen molar-refractivity contribution < 1.29 is 4.74 Å². The lowest BCUT2D eigenvalue weighted by Gasteiger charge is -2.08. The van der Waals surface area contributed by atoms with Crippen LogP contribution in [0.1, 0.15) is 26.2 Å². The molecule has 1 heterocycles. The minimum Gasteiger partial charge on any atom is -0.496 e. The monoisotopic (exact) mass is 139 g/mol. The van der Waals surface area contributed by atoms with Gasteiger partial charge in [0, 0.05) is 12.6 Å². The molecular weight excluding hydrogens is 126 g/mol. The number of ether oxygens (including phenoxy) is 1. The predicted molar refractivity (Wildman–Crippen MR) is 42.1 cm³/mol. The quantitative estimate of drug-likeness (QED) is 0.587. The minimum absolute atomic E-state index is 0.821. The van der Waals surface area contributed by atoms with Crippen LogP contribution in [0.3, 0.4) is 0 Å². The zero-order valence-corrected chi connectivity index (χ0v) is 6.34. The molecule has 10 heavy (non-hydrogen) atoms. The van der Waals surface area contributed by atoms with Gasteiger partial charge in [-0.25, -0.2) is 0 Å². The van der Waals surface area contributed by atoms with Crippen molar-refractivity contribution in [3.8, 4) is 0 Å². The summed E-state index contributed by atoms with van der Waals surface area (Å²) in [7, 11) is 0. The Morgan fingerprint density at radius 3 is 3.20 bits per heavy atom. The molecule has 2 nitrogen and oxygen atoms in total. The zero-order chi connectivity index (χ0) is 7.23. The lowest BCUT2D eigenvalue weighted by Crippen LogP contribution is -1.97. The molecule has 0 atom stereocenters. The summed E-state index contributed by atoms with van der Waals surface area (Å²) in [5.41, 5.74) is 0. The number of rotatable bonds is 3. The second kappa shape index (κ2) is 4.09. The molecule has 0 aromatic carbocycles. The molecule has 0 spiro atoms. The van der Waals surface area contributed by atoms with Gasteiger partial charge in [0.1, 0.15) is 5.76 Å². The molecular formula is C8H13NO. The van der Waals surface area contributed by atoms with Crippen LogP contribution in [-0.4, -0.2) is 12.8 Å². The van der Waals surface area contributed by atoms with E-state index in [2.05, 4.69) is 11.9 Å². The molecule has 0 N–H and O–H groups in total. The molecule has 0 radical (unpaired) electrons. The third-order valence-corrected chi connectivity index (χ3v) is 1.34. The first-order valence-electron chi connectivity index (χ1n) is 3.77. The van der Waals surface area contributed by atoms with Crippen molar-refractivity contribution in [3.63, 3.8) is 0 Å². The van der Waals surface area contributed by atoms with E-state index in [9.17, 15) is 0 Å². The summed E-state index contributed by atoms with van der Waals surface area (Å²) in [4.78, 5) is 4.00. The Morgan fingerprint density at radius 2 is 2.60 bits per heavy atom. The van der Waals surface area contributed by atoms with Gasteiger partial charge in [0.25, 0.3) is 0 Å². The molecule has 1 aliphatic rings. The molecule has 0 aliphatic carbocycles. The second-order valence-electron chi connectivity index (χ2n) is 2.31. The topological polar surface area (TPSA) is 21.6 Å². The van der Waals surface area contributed by atoms with Crippen molar-refractivity contribution in [2.24, 2.45) is 4.99 Å². The molecule has 1 rings (SSSR count). The van der Waals surface area contributed by atoms with Gasteiger partial charge in [0.15, 0.2) is 0 Å². The molecule has 0 aromatic heterocycles. The average molecular weight is 139 g/mol. The first-order chi connectivity index (χ1) is 4.93. The van der Waals surface area contributed by atoms with Crippen molar-refractivity contribution in [1.82, 2.24) is 0 Å². The third-order valence-electron chi connectivity index (χ3n) is 1.34. The third kappa shape index (κ3) is 2.21. The summed E-state index contributed by atoms with van der Waals surface area (Å²) < 4.78 is 5.38. The zero-order valence-electron chi connectivity index (χ0n) is 6.34. The molecule has 0 aromatic rings. The van der Waals surface area contributed by atoms with Gasteiger partial charge in [-0.2, -0.15) is 0 Å². The highest BCUT2D eigenvalue weighted by Gasteiger charge is 1.99. The van der Waals surface area contributed by atoms with Crippen LogP contribution in [-0.2, 0) is 4.74 Å². The first-order valence-corrected chi connectivity index (χ1v) is 3.77. The van der Waals surface area contributed by atoms with E-state index in [-0.39, 0.29) is 0 Å². The molecule has 2 heteroatoms. The smallest absolute Gasteiger partial charge is 0.114 e. The Morgan fingerprint density at radius 1 is 1.70 bits per heavy atom. The van der Waals surface area contributed by atoms with E-state index in [1.54, 1.807) is 6.20 Å². The summed E-state index contributed by atoms with van der Waals surface area (Å²) >= 11 is 0. The Bertz CT molecular complexity index is 149. The van der Waals surface area contributed by atoms with E-state index in [0.717, 1.165) is 31.6 Å². The van der Waals surface area contributed by atoms with Gasteiger partial charge in [-0.1, -0.05) is 6.92 Å². The van der Waals surface area contributed by atoms with E-state index >= 15 is 0 Å². The van der Waals surface area contributed by atoms with Crippen LogP contribution < -0.4 is 0 Å². The van der Waals surface area contributed by atoms with E-state index in [1.165, 1.54) is 0 Å². The van der Waals surface area contributed by atoms with Crippen LogP contribution in [0.5, 0.6) is 0 Å². The van der Waals surface area contributed by atoms with Gasteiger partial charge >= 0.3 is 0 Å². The Labute approximate surface area is 61.6 Å². The van der Waals surface area contributed by atoms with E-state index in [1.807, 2.05) is 6.21 Å². The van der Waals surface area contributed by atoms with E-state index in [0.29, 0.717) is 0 Å². The number of hydrogen-bond donors (Lipinski definition) is 0. The number of aliphatic imine (C=N–C) groups is 1. The Kier molecular flexibility index (Phi) is 3.00. The van der Waals surface area contributed by atoms with Crippen LogP contribution in [0.2, 0.25) is 0 Å². The van der Waals surface area contributed by atoms with Crippen molar-refractivity contribution in [1.29, 1.82) is 0 Å². The highest BCUT2D eigenvalue weighted by atomic mass is 16.5. The van der Waals surface area contributed by atoms with Gasteiger partial charge in [-0.15, -0.1) is 0 Å². The van der Waals surface area contributed by atoms with Crippen LogP contribution in [0.15, 0.2) is 17.0 Å². The minimum atomic E-state index is 0.821. The lowest BCUT2D eigenvalue weighted by molar-refractivity contribution is 0.202. The van der Waals surface area contributed by atoms with Gasteiger partial charge in [-0.3, -0.25) is 4.99 Å². The van der Waals surface area contributed by atoms with Crippen molar-refractivity contribution in [2.75, 3.05) is 6.61 Å². The van der Waals surface area contributed by atoms with Crippen molar-refractivity contribution in [3.05, 3.63) is 12.0 Å². The molecule has 0 amide bonds. The normalized spacial score (nSPS) is 16.7. The SMILES string of the molecule is CCCOC1=CN=CCC1. The second-order valence-corrected chi connectivity index (χ2v) is 2.31.